The zero-order valence-electron chi connectivity index (χ0n) is 65.7. The van der Waals surface area contributed by atoms with Gasteiger partial charge in [-0.3, -0.25) is 29.0 Å². The number of ether oxygens (including phenoxy) is 6. The molecule has 6 aromatic heterocycles. The van der Waals surface area contributed by atoms with Gasteiger partial charge < -0.3 is 58.4 Å². The van der Waals surface area contributed by atoms with E-state index >= 15 is 0 Å². The zero-order chi connectivity index (χ0) is 76.9. The van der Waals surface area contributed by atoms with Crippen LogP contribution in [0.25, 0.3) is 66.9 Å². The molecule has 24 heteroatoms. The molecule has 13 rings (SSSR count). The first-order valence-electron chi connectivity index (χ1n) is 36.9. The van der Waals surface area contributed by atoms with E-state index in [-0.39, 0.29) is 30.6 Å². The first kappa shape index (κ1) is 78.3. The number of aliphatic hydroxyl groups is 1. The van der Waals surface area contributed by atoms with Gasteiger partial charge in [-0.05, 0) is 123 Å². The molecule has 0 aliphatic heterocycles. The summed E-state index contributed by atoms with van der Waals surface area (Å²) >= 11 is 0. The minimum absolute atomic E-state index is 0.115. The third kappa shape index (κ3) is 20.1. The van der Waals surface area contributed by atoms with Gasteiger partial charge in [-0.1, -0.05) is 55.4 Å². The minimum atomic E-state index is -0.529. The standard InChI is InChI=1S/C30H39N5O4.C28H36N6O2.C26H30N6O/c1-19(2)29(36)18-39-30(20(3)4)17-35(23-10-24(37-6)13-25(11-23)38-7)22-8-9-26-27(12-22)33-28(15-31-26)21-14-32-34(5)16-21;1-18(2)28(16-29-19(3)4)34(22-10-23(35-6)13-24(11-22)36-7)21-8-9-25-26(12-21)32-27(15-30-25)20-14-31-33(5)17-20;1-30(2)15-19-9-22(11-23(10-19)33-4)32(16-18-5-6-18)21-7-8-24-25(12-21)29-26(14-27-24)20-13-28-31(3)17-20/h8-16,19-20,29-30,36H,17-18H2,1-7H3;8-15,17-19,28-29H,16H2,1-7H3;7-14,17-18H,5-6,15-16H2,1-4H3. The summed E-state index contributed by atoms with van der Waals surface area (Å²) in [7, 11) is 18.2. The predicted molar refractivity (Wildman–Crippen MR) is 431 cm³/mol. The van der Waals surface area contributed by atoms with Crippen molar-refractivity contribution in [3.05, 3.63) is 171 Å². The molecule has 0 bridgehead atoms. The van der Waals surface area contributed by atoms with Crippen molar-refractivity contribution < 1.29 is 33.5 Å². The minimum Gasteiger partial charge on any atom is -0.497 e. The van der Waals surface area contributed by atoms with E-state index in [4.69, 9.17) is 43.4 Å². The van der Waals surface area contributed by atoms with Crippen LogP contribution in [0.15, 0.2) is 165 Å². The maximum Gasteiger partial charge on any atom is 0.124 e. The fourth-order valence-corrected chi connectivity index (χ4v) is 12.7. The van der Waals surface area contributed by atoms with Crippen LogP contribution in [0.2, 0.25) is 0 Å². The molecule has 0 amide bonds. The first-order chi connectivity index (χ1) is 51.9. The number of anilines is 6. The van der Waals surface area contributed by atoms with Crippen LogP contribution in [0.1, 0.15) is 73.8 Å². The van der Waals surface area contributed by atoms with Crippen LogP contribution in [0.4, 0.5) is 34.1 Å². The molecule has 0 spiro atoms. The molecule has 6 aromatic carbocycles. The van der Waals surface area contributed by atoms with E-state index < -0.39 is 6.10 Å². The Morgan fingerprint density at radius 1 is 0.463 bits per heavy atom. The average molecular weight is 1460 g/mol. The molecule has 3 unspecified atom stereocenters. The second-order valence-corrected chi connectivity index (χ2v) is 29.2. The summed E-state index contributed by atoms with van der Waals surface area (Å²) in [5.41, 5.74) is 17.5. The third-order valence-electron chi connectivity index (χ3n) is 19.1. The summed E-state index contributed by atoms with van der Waals surface area (Å²) in [6.45, 7) is 20.5. The second kappa shape index (κ2) is 35.7. The van der Waals surface area contributed by atoms with Gasteiger partial charge in [0, 0.05) is 171 Å². The molecule has 6 heterocycles. The van der Waals surface area contributed by atoms with Gasteiger partial charge in [0.2, 0.25) is 0 Å². The largest absolute Gasteiger partial charge is 0.497 e. The summed E-state index contributed by atoms with van der Waals surface area (Å²) in [4.78, 5) is 37.8. The van der Waals surface area contributed by atoms with Crippen molar-refractivity contribution in [2.24, 2.45) is 44.8 Å². The molecule has 12 aromatic rings. The number of aromatic nitrogens is 12. The highest BCUT2D eigenvalue weighted by Gasteiger charge is 2.29. The SMILES string of the molecule is COc1cc(CN(C)C)cc(N(CC2CC2)c2ccc3ncc(-c4cnn(C)c4)nc3c2)c1.COc1cc(OC)cc(N(CC(OCC(O)C(C)C)C(C)C)c2ccc3ncc(-c4cnn(C)c4)nc3c2)c1.COc1cc(OC)cc(N(c2ccc3ncc(-c4cnn(C)c4)nc3c2)C(CNC(C)C)C(C)C)c1. The topological polar surface area (TPSA) is 231 Å². The lowest BCUT2D eigenvalue weighted by Crippen LogP contribution is -2.45. The molecule has 0 saturated heterocycles. The Balaban J connectivity index is 0.000000162. The van der Waals surface area contributed by atoms with E-state index in [2.05, 4.69) is 171 Å². The molecule has 24 nitrogen and oxygen atoms in total. The summed E-state index contributed by atoms with van der Waals surface area (Å²) in [5.74, 6) is 5.14. The molecule has 0 radical (unpaired) electrons. The highest BCUT2D eigenvalue weighted by molar-refractivity contribution is 5.86. The Kier molecular flexibility index (Phi) is 25.9. The molecule has 1 fully saturated rings. The molecule has 1 saturated carbocycles. The Morgan fingerprint density at radius 3 is 1.27 bits per heavy atom. The maximum atomic E-state index is 10.4. The van der Waals surface area contributed by atoms with Crippen molar-refractivity contribution in [3.8, 4) is 62.5 Å². The number of aliphatic hydroxyl groups excluding tert-OH is 1. The van der Waals surface area contributed by atoms with E-state index in [0.717, 1.165) is 144 Å². The number of nitrogens with zero attached hydrogens (tertiary/aromatic N) is 16. The Bertz CT molecular complexity index is 4910. The van der Waals surface area contributed by atoms with Crippen molar-refractivity contribution in [2.45, 2.75) is 99.1 Å². The van der Waals surface area contributed by atoms with Crippen LogP contribution in [-0.4, -0.2) is 169 Å². The number of aryl methyl sites for hydroxylation is 3. The number of hydrogen-bond donors (Lipinski definition) is 2. The smallest absolute Gasteiger partial charge is 0.124 e. The van der Waals surface area contributed by atoms with Crippen LogP contribution < -0.4 is 43.7 Å². The van der Waals surface area contributed by atoms with Crippen molar-refractivity contribution in [3.63, 3.8) is 0 Å². The van der Waals surface area contributed by atoms with Crippen molar-refractivity contribution >= 4 is 67.2 Å². The lowest BCUT2D eigenvalue weighted by molar-refractivity contribution is -0.0379. The average Bonchev–Trinajstić information content (AvgIpc) is 0.902. The Labute approximate surface area is 634 Å². The Morgan fingerprint density at radius 2 is 0.880 bits per heavy atom. The van der Waals surface area contributed by atoms with Crippen LogP contribution in [0, 0.1) is 23.7 Å². The molecule has 3 atom stereocenters. The molecular weight excluding hydrogens is 1360 g/mol. The van der Waals surface area contributed by atoms with E-state index in [1.54, 1.807) is 74.4 Å². The van der Waals surface area contributed by atoms with Gasteiger partial charge in [0.15, 0.2) is 0 Å². The van der Waals surface area contributed by atoms with Gasteiger partial charge in [-0.2, -0.15) is 15.3 Å². The molecular formula is C84H105N17O7. The molecule has 1 aliphatic carbocycles. The van der Waals surface area contributed by atoms with Gasteiger partial charge >= 0.3 is 0 Å². The van der Waals surface area contributed by atoms with Crippen LogP contribution >= 0.6 is 0 Å². The number of methoxy groups -OCH3 is 5. The van der Waals surface area contributed by atoms with Crippen LogP contribution in [0.5, 0.6) is 28.7 Å². The summed E-state index contributed by atoms with van der Waals surface area (Å²) in [6.07, 6.45) is 18.5. The number of hydrogen-bond acceptors (Lipinski definition) is 21. The van der Waals surface area contributed by atoms with Crippen molar-refractivity contribution in [1.29, 1.82) is 0 Å². The van der Waals surface area contributed by atoms with Gasteiger partial charge in [0.25, 0.3) is 0 Å². The summed E-state index contributed by atoms with van der Waals surface area (Å²) < 4.78 is 39.6. The van der Waals surface area contributed by atoms with Gasteiger partial charge in [0.05, 0.1) is 142 Å². The Hall–Kier alpha value is -10.8. The van der Waals surface area contributed by atoms with Gasteiger partial charge in [-0.15, -0.1) is 0 Å². The van der Waals surface area contributed by atoms with Crippen molar-refractivity contribution in [2.75, 3.05) is 90.6 Å². The van der Waals surface area contributed by atoms with E-state index in [1.807, 2.05) is 115 Å². The summed E-state index contributed by atoms with van der Waals surface area (Å²) in [5, 5.41) is 26.9. The quantitative estimate of drug-likeness (QED) is 0.0426. The van der Waals surface area contributed by atoms with E-state index in [0.29, 0.717) is 30.0 Å². The number of rotatable bonds is 30. The van der Waals surface area contributed by atoms with E-state index in [1.165, 1.54) is 18.4 Å². The summed E-state index contributed by atoms with van der Waals surface area (Å²) in [6, 6.07) is 37.5. The first-order valence-corrected chi connectivity index (χ1v) is 36.9. The highest BCUT2D eigenvalue weighted by Crippen LogP contribution is 2.41. The zero-order valence-corrected chi connectivity index (χ0v) is 65.7. The molecule has 1 aliphatic rings. The second-order valence-electron chi connectivity index (χ2n) is 29.2. The molecule has 568 valence electrons. The van der Waals surface area contributed by atoms with Gasteiger partial charge in [0.1, 0.15) is 28.7 Å². The lowest BCUT2D eigenvalue weighted by atomic mass is 9.99. The number of nitrogens with one attached hydrogen (secondary N) is 1. The van der Waals surface area contributed by atoms with Crippen LogP contribution in [-0.2, 0) is 32.4 Å². The predicted octanol–water partition coefficient (Wildman–Crippen LogP) is 15.1. The van der Waals surface area contributed by atoms with Crippen LogP contribution in [0.3, 0.4) is 0 Å². The van der Waals surface area contributed by atoms with Crippen molar-refractivity contribution in [1.82, 2.24) is 69.5 Å². The number of benzene rings is 6. The maximum absolute atomic E-state index is 10.4. The molecule has 2 N–H and O–H groups in total. The fraction of sp³-hybridized carbons (Fsp3) is 0.393. The highest BCUT2D eigenvalue weighted by atomic mass is 16.5. The molecule has 108 heavy (non-hydrogen) atoms. The van der Waals surface area contributed by atoms with E-state index in [9.17, 15) is 5.11 Å². The third-order valence-corrected chi connectivity index (χ3v) is 19.1. The lowest BCUT2D eigenvalue weighted by Gasteiger charge is -2.37. The fourth-order valence-electron chi connectivity index (χ4n) is 12.7. The number of fused-ring (bicyclic) bond motifs is 3. The normalized spacial score (nSPS) is 13.0. The monoisotopic (exact) mass is 1460 g/mol. The van der Waals surface area contributed by atoms with Gasteiger partial charge in [-0.25, -0.2) is 15.0 Å².